The first-order valence-corrected chi connectivity index (χ1v) is 28.7. The Labute approximate surface area is 426 Å². The lowest BCUT2D eigenvalue weighted by molar-refractivity contribution is -0.167. The van der Waals surface area contributed by atoms with E-state index < -0.39 is 6.10 Å². The van der Waals surface area contributed by atoms with Gasteiger partial charge in [0.1, 0.15) is 13.2 Å². The highest BCUT2D eigenvalue weighted by Gasteiger charge is 2.19. The van der Waals surface area contributed by atoms with E-state index in [0.717, 1.165) is 103 Å². The molecule has 0 rings (SSSR count). The summed E-state index contributed by atoms with van der Waals surface area (Å²) in [5.41, 5.74) is 0. The van der Waals surface area contributed by atoms with Crippen LogP contribution in [-0.4, -0.2) is 37.2 Å². The van der Waals surface area contributed by atoms with Crippen LogP contribution < -0.4 is 0 Å². The van der Waals surface area contributed by atoms with Crippen molar-refractivity contribution in [1.82, 2.24) is 0 Å². The molecule has 0 aromatic heterocycles. The van der Waals surface area contributed by atoms with Crippen molar-refractivity contribution in [3.63, 3.8) is 0 Å². The van der Waals surface area contributed by atoms with Crippen molar-refractivity contribution in [3.8, 4) is 0 Å². The Hall–Kier alpha value is -3.67. The molecule has 0 aliphatic rings. The number of esters is 3. The van der Waals surface area contributed by atoms with Gasteiger partial charge >= 0.3 is 17.9 Å². The number of hydrogen-bond donors (Lipinski definition) is 0. The van der Waals surface area contributed by atoms with Gasteiger partial charge in [0.15, 0.2) is 6.10 Å². The van der Waals surface area contributed by atoms with Crippen LogP contribution in [0.1, 0.15) is 265 Å². The minimum atomic E-state index is -0.796. The second-order valence-corrected chi connectivity index (χ2v) is 18.8. The lowest BCUT2D eigenvalue weighted by atomic mass is 10.0. The quantitative estimate of drug-likeness (QED) is 0.0262. The smallest absolute Gasteiger partial charge is 0.306 e. The van der Waals surface area contributed by atoms with Crippen LogP contribution in [0, 0.1) is 0 Å². The van der Waals surface area contributed by atoms with Crippen molar-refractivity contribution in [1.29, 1.82) is 0 Å². The molecule has 1 atom stereocenters. The number of unbranched alkanes of at least 4 members (excludes halogenated alkanes) is 24. The van der Waals surface area contributed by atoms with E-state index in [1.54, 1.807) is 0 Å². The van der Waals surface area contributed by atoms with E-state index >= 15 is 0 Å². The molecule has 0 amide bonds. The SMILES string of the molecule is CC/C=C\C/C=C\C/C=C\C/C=C\CCCCCCCCCCCCCCCCC(=O)OCC(COC(=O)CCCCCCCCCCC)OC(=O)CCCC/C=C\C/C=C\C/C=C\C/C=C\CC. The van der Waals surface area contributed by atoms with Crippen LogP contribution in [0.15, 0.2) is 97.2 Å². The molecular formula is C63H106O6. The molecule has 0 aliphatic heterocycles. The first-order chi connectivity index (χ1) is 34.0. The highest BCUT2D eigenvalue weighted by atomic mass is 16.6. The number of rotatable bonds is 51. The molecule has 0 saturated heterocycles. The van der Waals surface area contributed by atoms with E-state index in [0.29, 0.717) is 19.3 Å². The number of carbonyl (C=O) groups excluding carboxylic acids is 3. The first kappa shape index (κ1) is 65.3. The number of allylic oxidation sites excluding steroid dienone is 16. The van der Waals surface area contributed by atoms with Crippen molar-refractivity contribution >= 4 is 17.9 Å². The zero-order valence-electron chi connectivity index (χ0n) is 45.0. The molecule has 0 aromatic carbocycles. The average Bonchev–Trinajstić information content (AvgIpc) is 3.35. The fourth-order valence-electron chi connectivity index (χ4n) is 7.84. The highest BCUT2D eigenvalue weighted by molar-refractivity contribution is 5.71. The maximum absolute atomic E-state index is 12.8. The molecule has 0 bridgehead atoms. The van der Waals surface area contributed by atoms with Crippen LogP contribution in [0.3, 0.4) is 0 Å². The van der Waals surface area contributed by atoms with Gasteiger partial charge in [0.2, 0.25) is 0 Å². The normalized spacial score (nSPS) is 12.8. The average molecular weight is 960 g/mol. The molecule has 0 aromatic rings. The third-order valence-corrected chi connectivity index (χ3v) is 12.1. The Morgan fingerprint density at radius 2 is 0.565 bits per heavy atom. The van der Waals surface area contributed by atoms with Gasteiger partial charge in [-0.25, -0.2) is 0 Å². The van der Waals surface area contributed by atoms with Gasteiger partial charge in [-0.2, -0.15) is 0 Å². The zero-order chi connectivity index (χ0) is 50.0. The molecular weight excluding hydrogens is 853 g/mol. The van der Waals surface area contributed by atoms with Gasteiger partial charge in [0.05, 0.1) is 0 Å². The molecule has 6 nitrogen and oxygen atoms in total. The molecule has 0 spiro atoms. The Kier molecular flexibility index (Phi) is 53.9. The summed E-state index contributed by atoms with van der Waals surface area (Å²) in [4.78, 5) is 38.0. The molecule has 0 fully saturated rings. The predicted molar refractivity (Wildman–Crippen MR) is 297 cm³/mol. The summed E-state index contributed by atoms with van der Waals surface area (Å²) in [6.07, 6.45) is 75.6. The molecule has 0 aliphatic carbocycles. The lowest BCUT2D eigenvalue weighted by Crippen LogP contribution is -2.30. The zero-order valence-corrected chi connectivity index (χ0v) is 45.0. The molecule has 6 heteroatoms. The van der Waals surface area contributed by atoms with Crippen molar-refractivity contribution in [2.75, 3.05) is 13.2 Å². The van der Waals surface area contributed by atoms with Crippen LogP contribution in [0.4, 0.5) is 0 Å². The Morgan fingerprint density at radius 3 is 0.913 bits per heavy atom. The van der Waals surface area contributed by atoms with E-state index in [9.17, 15) is 14.4 Å². The molecule has 0 N–H and O–H groups in total. The van der Waals surface area contributed by atoms with Crippen molar-refractivity contribution in [2.45, 2.75) is 271 Å². The van der Waals surface area contributed by atoms with Gasteiger partial charge in [-0.05, 0) is 96.3 Å². The maximum Gasteiger partial charge on any atom is 0.306 e. The standard InChI is InChI=1S/C63H106O6/c1-4-7-10-13-16-19-21-23-25-26-27-28-29-30-31-32-33-34-35-36-38-39-41-44-47-50-53-56-62(65)68-59-60(58-67-61(64)55-52-49-46-43-18-15-12-9-6-3)69-63(66)57-54-51-48-45-42-40-37-24-22-20-17-14-11-8-5-2/h7-8,10-11,16-17,19-20,23-25,27-28,37,42,45,60H,4-6,9,12-15,18,21-22,26,29-36,38-41,43-44,46-59H2,1-3H3/b10-7-,11-8-,19-16-,20-17-,25-23-,28-27-,37-24-,45-42-. The van der Waals surface area contributed by atoms with Gasteiger partial charge in [0, 0.05) is 19.3 Å². The summed E-state index contributed by atoms with van der Waals surface area (Å²) in [6.45, 7) is 6.36. The molecule has 0 saturated carbocycles. The summed E-state index contributed by atoms with van der Waals surface area (Å²) in [5, 5.41) is 0. The molecule has 0 radical (unpaired) electrons. The second kappa shape index (κ2) is 56.9. The van der Waals surface area contributed by atoms with Gasteiger partial charge in [-0.3, -0.25) is 14.4 Å². The highest BCUT2D eigenvalue weighted by Crippen LogP contribution is 2.15. The van der Waals surface area contributed by atoms with Gasteiger partial charge < -0.3 is 14.2 Å². The van der Waals surface area contributed by atoms with Crippen LogP contribution in [0.5, 0.6) is 0 Å². The van der Waals surface area contributed by atoms with Crippen LogP contribution in [0.2, 0.25) is 0 Å². The van der Waals surface area contributed by atoms with Crippen LogP contribution in [-0.2, 0) is 28.6 Å². The van der Waals surface area contributed by atoms with Crippen LogP contribution in [0.25, 0.3) is 0 Å². The van der Waals surface area contributed by atoms with Crippen molar-refractivity contribution in [2.24, 2.45) is 0 Å². The van der Waals surface area contributed by atoms with Gasteiger partial charge in [0.25, 0.3) is 0 Å². The van der Waals surface area contributed by atoms with Crippen LogP contribution >= 0.6 is 0 Å². The predicted octanol–water partition coefficient (Wildman–Crippen LogP) is 19.3. The van der Waals surface area contributed by atoms with Crippen molar-refractivity contribution < 1.29 is 28.6 Å². The molecule has 0 heterocycles. The van der Waals surface area contributed by atoms with E-state index in [4.69, 9.17) is 14.2 Å². The first-order valence-electron chi connectivity index (χ1n) is 28.7. The Morgan fingerprint density at radius 1 is 0.304 bits per heavy atom. The van der Waals surface area contributed by atoms with E-state index in [2.05, 4.69) is 118 Å². The minimum Gasteiger partial charge on any atom is -0.462 e. The maximum atomic E-state index is 12.8. The Bertz CT molecular complexity index is 1380. The topological polar surface area (TPSA) is 78.9 Å². The summed E-state index contributed by atoms with van der Waals surface area (Å²) < 4.78 is 16.8. The third kappa shape index (κ3) is 55.1. The summed E-state index contributed by atoms with van der Waals surface area (Å²) in [5.74, 6) is -0.935. The fraction of sp³-hybridized carbons (Fsp3) is 0.698. The molecule has 1 unspecified atom stereocenters. The summed E-state index contributed by atoms with van der Waals surface area (Å²) in [7, 11) is 0. The van der Waals surface area contributed by atoms with E-state index in [1.807, 2.05) is 0 Å². The van der Waals surface area contributed by atoms with Crippen molar-refractivity contribution in [3.05, 3.63) is 97.2 Å². The summed E-state index contributed by atoms with van der Waals surface area (Å²) >= 11 is 0. The van der Waals surface area contributed by atoms with E-state index in [1.165, 1.54) is 116 Å². The van der Waals surface area contributed by atoms with Gasteiger partial charge in [-0.1, -0.05) is 246 Å². The third-order valence-electron chi connectivity index (χ3n) is 12.1. The van der Waals surface area contributed by atoms with E-state index in [-0.39, 0.29) is 37.5 Å². The number of carbonyl (C=O) groups is 3. The monoisotopic (exact) mass is 959 g/mol. The minimum absolute atomic E-state index is 0.0923. The second-order valence-electron chi connectivity index (χ2n) is 18.8. The largest absolute Gasteiger partial charge is 0.462 e. The fourth-order valence-corrected chi connectivity index (χ4v) is 7.84. The lowest BCUT2D eigenvalue weighted by Gasteiger charge is -2.18. The molecule has 69 heavy (non-hydrogen) atoms. The summed E-state index contributed by atoms with van der Waals surface area (Å²) in [6, 6.07) is 0. The molecule has 394 valence electrons. The number of ether oxygens (including phenoxy) is 3. The number of hydrogen-bond acceptors (Lipinski definition) is 6. The van der Waals surface area contributed by atoms with Gasteiger partial charge in [-0.15, -0.1) is 0 Å². The Balaban J connectivity index is 4.22.